The lowest BCUT2D eigenvalue weighted by atomic mass is 9.21. The van der Waals surface area contributed by atoms with Crippen LogP contribution in [-0.4, -0.2) is 35.6 Å². The van der Waals surface area contributed by atoms with Crippen LogP contribution >= 0.6 is 0 Å². The Balaban J connectivity index is 1.56. The highest BCUT2D eigenvalue weighted by atomic mass is 16.5. The van der Waals surface area contributed by atoms with E-state index in [1.165, 1.54) is 12.8 Å². The van der Waals surface area contributed by atoms with Crippen LogP contribution in [0.25, 0.3) is 0 Å². The van der Waals surface area contributed by atoms with Crippen molar-refractivity contribution in [2.75, 3.05) is 19.8 Å². The first-order valence-electron chi connectivity index (χ1n) is 7.16. The molecule has 1 spiro atoms. The molecule has 3 heteroatoms. The van der Waals surface area contributed by atoms with Crippen molar-refractivity contribution in [1.82, 2.24) is 0 Å². The van der Waals surface area contributed by atoms with Crippen LogP contribution in [0.15, 0.2) is 0 Å². The lowest BCUT2D eigenvalue weighted by molar-refractivity contribution is -0.404. The summed E-state index contributed by atoms with van der Waals surface area (Å²) in [6, 6.07) is 0. The smallest absolute Gasteiger partial charge is 0.0712 e. The molecule has 8 atom stereocenters. The molecule has 5 aliphatic rings. The van der Waals surface area contributed by atoms with Crippen LogP contribution in [0, 0.1) is 40.9 Å². The van der Waals surface area contributed by atoms with Crippen LogP contribution in [0.1, 0.15) is 19.3 Å². The zero-order chi connectivity index (χ0) is 11.4. The van der Waals surface area contributed by atoms with Gasteiger partial charge in [0.05, 0.1) is 18.8 Å². The zero-order valence-corrected chi connectivity index (χ0v) is 10.0. The fourth-order valence-corrected chi connectivity index (χ4v) is 6.94. The van der Waals surface area contributed by atoms with Crippen molar-refractivity contribution in [2.45, 2.75) is 24.9 Å². The molecule has 1 aliphatic heterocycles. The molecule has 0 aromatic rings. The fraction of sp³-hybridized carbons (Fsp3) is 1.00. The van der Waals surface area contributed by atoms with Gasteiger partial charge >= 0.3 is 0 Å². The summed E-state index contributed by atoms with van der Waals surface area (Å²) in [5.41, 5.74) is 0.0425. The van der Waals surface area contributed by atoms with E-state index in [4.69, 9.17) is 4.74 Å². The Bertz CT molecular complexity index is 397. The normalized spacial score (nSPS) is 70.2. The molecule has 94 valence electrons. The van der Waals surface area contributed by atoms with E-state index >= 15 is 0 Å². The summed E-state index contributed by atoms with van der Waals surface area (Å²) in [4.78, 5) is 0. The number of ether oxygens (including phenoxy) is 1. The number of hydrogen-bond acceptors (Lipinski definition) is 3. The minimum Gasteiger partial charge on any atom is -0.396 e. The number of hydrogen-bond donors (Lipinski definition) is 2. The second-order valence-corrected chi connectivity index (χ2v) is 7.15. The third-order valence-corrected chi connectivity index (χ3v) is 7.29. The van der Waals surface area contributed by atoms with Crippen molar-refractivity contribution >= 4 is 0 Å². The van der Waals surface area contributed by atoms with E-state index in [1.54, 1.807) is 0 Å². The lowest BCUT2D eigenvalue weighted by Gasteiger charge is -2.83. The average Bonchev–Trinajstić information content (AvgIpc) is 2.84. The van der Waals surface area contributed by atoms with Crippen LogP contribution in [0.2, 0.25) is 0 Å². The van der Waals surface area contributed by atoms with Crippen molar-refractivity contribution < 1.29 is 14.9 Å². The van der Waals surface area contributed by atoms with Crippen LogP contribution < -0.4 is 0 Å². The predicted molar refractivity (Wildman–Crippen MR) is 60.1 cm³/mol. The average molecular weight is 236 g/mol. The van der Waals surface area contributed by atoms with E-state index < -0.39 is 0 Å². The Hall–Kier alpha value is -0.120. The molecule has 5 rings (SSSR count). The van der Waals surface area contributed by atoms with Crippen LogP contribution in [-0.2, 0) is 4.74 Å². The minimum atomic E-state index is -0.346. The fourth-order valence-electron chi connectivity index (χ4n) is 6.94. The van der Waals surface area contributed by atoms with E-state index in [1.807, 2.05) is 0 Å². The van der Waals surface area contributed by atoms with Crippen molar-refractivity contribution in [3.05, 3.63) is 0 Å². The van der Waals surface area contributed by atoms with Gasteiger partial charge in [0, 0.05) is 12.0 Å². The van der Waals surface area contributed by atoms with Gasteiger partial charge in [0.1, 0.15) is 0 Å². The van der Waals surface area contributed by atoms with E-state index in [0.717, 1.165) is 25.6 Å². The summed E-state index contributed by atoms with van der Waals surface area (Å²) in [7, 11) is 0. The monoisotopic (exact) mass is 236 g/mol. The maximum atomic E-state index is 10.8. The van der Waals surface area contributed by atoms with Gasteiger partial charge in [0.15, 0.2) is 0 Å². The Labute approximate surface area is 101 Å². The van der Waals surface area contributed by atoms with Crippen molar-refractivity contribution in [3.8, 4) is 0 Å². The summed E-state index contributed by atoms with van der Waals surface area (Å²) in [6.07, 6.45) is 3.43. The second-order valence-electron chi connectivity index (χ2n) is 7.15. The van der Waals surface area contributed by atoms with Gasteiger partial charge in [0.25, 0.3) is 0 Å². The van der Waals surface area contributed by atoms with Crippen LogP contribution in [0.3, 0.4) is 0 Å². The van der Waals surface area contributed by atoms with Crippen molar-refractivity contribution in [2.24, 2.45) is 40.9 Å². The number of aliphatic hydroxyl groups excluding tert-OH is 1. The maximum absolute atomic E-state index is 10.8. The molecule has 0 aromatic carbocycles. The Morgan fingerprint density at radius 1 is 1.18 bits per heavy atom. The second kappa shape index (κ2) is 2.59. The van der Waals surface area contributed by atoms with Gasteiger partial charge in [-0.3, -0.25) is 0 Å². The van der Waals surface area contributed by atoms with Crippen LogP contribution in [0.5, 0.6) is 0 Å². The molecule has 8 unspecified atom stereocenters. The molecule has 1 heterocycles. The number of aliphatic hydroxyl groups is 2. The standard InChI is InChI=1S/C14H20O3/c15-4-7-9-5-17-6-13(9)10(7)12-11(13)8-2-1-3-14(8,12)16/h7-12,15-16H,1-6H2. The van der Waals surface area contributed by atoms with E-state index in [9.17, 15) is 10.2 Å². The lowest BCUT2D eigenvalue weighted by Crippen LogP contribution is -2.86. The zero-order valence-electron chi connectivity index (χ0n) is 10.0. The summed E-state index contributed by atoms with van der Waals surface area (Å²) in [5.74, 6) is 3.39. The van der Waals surface area contributed by atoms with Gasteiger partial charge in [-0.05, 0) is 48.3 Å². The van der Waals surface area contributed by atoms with Crippen LogP contribution in [0.4, 0.5) is 0 Å². The predicted octanol–water partition coefficient (Wildman–Crippen LogP) is 0.648. The van der Waals surface area contributed by atoms with Gasteiger partial charge in [-0.25, -0.2) is 0 Å². The quantitative estimate of drug-likeness (QED) is 0.703. The molecule has 3 nitrogen and oxygen atoms in total. The Morgan fingerprint density at radius 2 is 2.06 bits per heavy atom. The molecular weight excluding hydrogens is 216 g/mol. The molecule has 5 fully saturated rings. The first-order chi connectivity index (χ1) is 8.25. The molecule has 4 saturated carbocycles. The van der Waals surface area contributed by atoms with Gasteiger partial charge in [-0.1, -0.05) is 6.42 Å². The topological polar surface area (TPSA) is 49.7 Å². The summed E-state index contributed by atoms with van der Waals surface area (Å²) < 4.78 is 5.73. The first-order valence-corrected chi connectivity index (χ1v) is 7.16. The maximum Gasteiger partial charge on any atom is 0.0712 e. The third-order valence-electron chi connectivity index (χ3n) is 7.29. The van der Waals surface area contributed by atoms with Crippen molar-refractivity contribution in [3.63, 3.8) is 0 Å². The highest BCUT2D eigenvalue weighted by Gasteiger charge is 2.88. The van der Waals surface area contributed by atoms with Gasteiger partial charge < -0.3 is 14.9 Å². The van der Waals surface area contributed by atoms with Crippen molar-refractivity contribution in [1.29, 1.82) is 0 Å². The molecule has 1 saturated heterocycles. The highest BCUT2D eigenvalue weighted by molar-refractivity contribution is 5.35. The minimum absolute atomic E-state index is 0.296. The first kappa shape index (κ1) is 9.76. The number of rotatable bonds is 1. The summed E-state index contributed by atoms with van der Waals surface area (Å²) in [6.45, 7) is 2.06. The number of fused-ring (bicyclic) bond motifs is 5. The SMILES string of the molecule is OCC1C2COCC23C1C1C3C2CCCC21O. The molecule has 2 N–H and O–H groups in total. The highest BCUT2D eigenvalue weighted by Crippen LogP contribution is 2.86. The molecule has 0 aromatic heterocycles. The molecule has 0 amide bonds. The molecule has 0 radical (unpaired) electrons. The van der Waals surface area contributed by atoms with Gasteiger partial charge in [-0.15, -0.1) is 0 Å². The largest absolute Gasteiger partial charge is 0.396 e. The Kier molecular flexibility index (Phi) is 1.48. The van der Waals surface area contributed by atoms with Gasteiger partial charge in [0.2, 0.25) is 0 Å². The van der Waals surface area contributed by atoms with Gasteiger partial charge in [-0.2, -0.15) is 0 Å². The van der Waals surface area contributed by atoms with E-state index in [-0.39, 0.29) is 5.60 Å². The molecular formula is C14H20O3. The Morgan fingerprint density at radius 3 is 2.88 bits per heavy atom. The molecule has 4 aliphatic carbocycles. The molecule has 0 bridgehead atoms. The third kappa shape index (κ3) is 0.705. The summed E-state index contributed by atoms with van der Waals surface area (Å²) >= 11 is 0. The summed E-state index contributed by atoms with van der Waals surface area (Å²) in [5, 5.41) is 20.3. The van der Waals surface area contributed by atoms with E-state index in [0.29, 0.717) is 41.6 Å². The van der Waals surface area contributed by atoms with E-state index in [2.05, 4.69) is 0 Å². The molecule has 17 heavy (non-hydrogen) atoms.